The van der Waals surface area contributed by atoms with E-state index in [1.807, 2.05) is 13.8 Å². The Morgan fingerprint density at radius 1 is 1.30 bits per heavy atom. The normalized spacial score (nSPS) is 33.0. The van der Waals surface area contributed by atoms with Crippen molar-refractivity contribution in [3.8, 4) is 0 Å². The second kappa shape index (κ2) is 2.17. The van der Waals surface area contributed by atoms with Gasteiger partial charge in [-0.15, -0.1) is 0 Å². The quantitative estimate of drug-likeness (QED) is 0.532. The summed E-state index contributed by atoms with van der Waals surface area (Å²) < 4.78 is 35.7. The van der Waals surface area contributed by atoms with Gasteiger partial charge >= 0.3 is 6.98 Å². The lowest BCUT2D eigenvalue weighted by atomic mass is 9.80. The Hall–Kier alpha value is -0.145. The van der Waals surface area contributed by atoms with Crippen LogP contribution in [0.25, 0.3) is 0 Å². The molecule has 1 aliphatic rings. The summed E-state index contributed by atoms with van der Waals surface area (Å²) in [5, 5.41) is 0. The number of rotatable bonds is 2. The molecule has 0 aliphatic heterocycles. The first kappa shape index (κ1) is 7.96. The SMILES string of the molecule is CC(C)[C@@H]1C[C@H]1[B-](F)(F)F. The lowest BCUT2D eigenvalue weighted by molar-refractivity contribution is 0.445. The van der Waals surface area contributed by atoms with E-state index in [-0.39, 0.29) is 11.8 Å². The number of hydrogen-bond donors (Lipinski definition) is 0. The van der Waals surface area contributed by atoms with Crippen LogP contribution in [0.4, 0.5) is 12.9 Å². The molecule has 0 unspecified atom stereocenters. The minimum atomic E-state index is -4.53. The molecule has 2 atom stereocenters. The minimum Gasteiger partial charge on any atom is -0.449 e. The van der Waals surface area contributed by atoms with Crippen molar-refractivity contribution in [3.05, 3.63) is 0 Å². The fraction of sp³-hybridized carbons (Fsp3) is 1.00. The molecule has 0 aromatic heterocycles. The van der Waals surface area contributed by atoms with Crippen LogP contribution < -0.4 is 0 Å². The molecular weight excluding hydrogens is 140 g/mol. The number of hydrogen-bond acceptors (Lipinski definition) is 0. The van der Waals surface area contributed by atoms with Gasteiger partial charge in [0.05, 0.1) is 0 Å². The van der Waals surface area contributed by atoms with Crippen molar-refractivity contribution in [2.45, 2.75) is 26.1 Å². The maximum absolute atomic E-state index is 11.9. The maximum atomic E-state index is 11.9. The Morgan fingerprint density at radius 3 is 1.90 bits per heavy atom. The largest absolute Gasteiger partial charge is 0.481 e. The molecule has 1 aliphatic carbocycles. The molecule has 10 heavy (non-hydrogen) atoms. The Kier molecular flexibility index (Phi) is 1.73. The zero-order valence-corrected chi connectivity index (χ0v) is 6.15. The zero-order chi connectivity index (χ0) is 7.94. The molecule has 1 rings (SSSR count). The molecule has 0 saturated heterocycles. The molecule has 0 bridgehead atoms. The van der Waals surface area contributed by atoms with Crippen LogP contribution in [0.15, 0.2) is 0 Å². The second-order valence-electron chi connectivity index (χ2n) is 3.43. The summed E-state index contributed by atoms with van der Waals surface area (Å²) in [7, 11) is 0. The number of halogens is 3. The lowest BCUT2D eigenvalue weighted by Gasteiger charge is -2.13. The summed E-state index contributed by atoms with van der Waals surface area (Å²) in [5.41, 5.74) is 0. The highest BCUT2D eigenvalue weighted by atomic mass is 19.4. The maximum Gasteiger partial charge on any atom is 0.481 e. The first-order chi connectivity index (χ1) is 4.43. The fourth-order valence-corrected chi connectivity index (χ4v) is 1.44. The van der Waals surface area contributed by atoms with Gasteiger partial charge < -0.3 is 12.9 Å². The average Bonchev–Trinajstić information content (AvgIpc) is 2.35. The summed E-state index contributed by atoms with van der Waals surface area (Å²) in [6.45, 7) is -0.819. The molecule has 1 fully saturated rings. The van der Waals surface area contributed by atoms with E-state index in [4.69, 9.17) is 0 Å². The summed E-state index contributed by atoms with van der Waals surface area (Å²) in [6.07, 6.45) is 0.376. The second-order valence-corrected chi connectivity index (χ2v) is 3.43. The lowest BCUT2D eigenvalue weighted by Crippen LogP contribution is -2.16. The first-order valence-corrected chi connectivity index (χ1v) is 3.63. The van der Waals surface area contributed by atoms with Gasteiger partial charge in [0.15, 0.2) is 0 Å². The van der Waals surface area contributed by atoms with Crippen LogP contribution in [0, 0.1) is 11.8 Å². The van der Waals surface area contributed by atoms with Gasteiger partial charge in [0, 0.05) is 0 Å². The van der Waals surface area contributed by atoms with Gasteiger partial charge in [0.25, 0.3) is 0 Å². The molecule has 4 heteroatoms. The van der Waals surface area contributed by atoms with E-state index >= 15 is 0 Å². The van der Waals surface area contributed by atoms with Crippen molar-refractivity contribution < 1.29 is 12.9 Å². The summed E-state index contributed by atoms with van der Waals surface area (Å²) >= 11 is 0. The van der Waals surface area contributed by atoms with E-state index < -0.39 is 12.8 Å². The van der Waals surface area contributed by atoms with E-state index in [1.54, 1.807) is 0 Å². The van der Waals surface area contributed by atoms with Crippen molar-refractivity contribution in [1.29, 1.82) is 0 Å². The Labute approximate surface area is 58.9 Å². The topological polar surface area (TPSA) is 0 Å². The van der Waals surface area contributed by atoms with E-state index in [0.717, 1.165) is 0 Å². The highest BCUT2D eigenvalue weighted by Gasteiger charge is 2.51. The highest BCUT2D eigenvalue weighted by molar-refractivity contribution is 6.61. The van der Waals surface area contributed by atoms with Gasteiger partial charge in [-0.3, -0.25) is 0 Å². The van der Waals surface area contributed by atoms with Crippen molar-refractivity contribution in [1.82, 2.24) is 0 Å². The molecule has 0 N–H and O–H groups in total. The van der Waals surface area contributed by atoms with Gasteiger partial charge in [0.2, 0.25) is 0 Å². The Morgan fingerprint density at radius 2 is 1.80 bits per heavy atom. The van der Waals surface area contributed by atoms with Crippen molar-refractivity contribution in [2.75, 3.05) is 0 Å². The van der Waals surface area contributed by atoms with Crippen LogP contribution in [-0.4, -0.2) is 6.98 Å². The Bertz CT molecular complexity index is 129. The van der Waals surface area contributed by atoms with E-state index in [1.165, 1.54) is 0 Å². The first-order valence-electron chi connectivity index (χ1n) is 3.63. The molecule has 0 nitrogen and oxygen atoms in total. The van der Waals surface area contributed by atoms with Gasteiger partial charge in [-0.1, -0.05) is 32.0 Å². The molecule has 0 heterocycles. The van der Waals surface area contributed by atoms with Crippen molar-refractivity contribution >= 4 is 6.98 Å². The summed E-state index contributed by atoms with van der Waals surface area (Å²) in [5.74, 6) is -0.798. The molecular formula is C6H11BF3-. The van der Waals surface area contributed by atoms with Crippen molar-refractivity contribution in [3.63, 3.8) is 0 Å². The van der Waals surface area contributed by atoms with Crippen LogP contribution in [0.2, 0.25) is 5.82 Å². The van der Waals surface area contributed by atoms with Crippen LogP contribution >= 0.6 is 0 Å². The molecule has 0 radical (unpaired) electrons. The molecule has 0 aromatic carbocycles. The third kappa shape index (κ3) is 1.47. The third-order valence-electron chi connectivity index (χ3n) is 2.23. The molecule has 0 amide bonds. The van der Waals surface area contributed by atoms with Gasteiger partial charge in [0.1, 0.15) is 0 Å². The van der Waals surface area contributed by atoms with Crippen LogP contribution in [-0.2, 0) is 0 Å². The zero-order valence-electron chi connectivity index (χ0n) is 6.15. The van der Waals surface area contributed by atoms with E-state index in [9.17, 15) is 12.9 Å². The smallest absolute Gasteiger partial charge is 0.449 e. The molecule has 1 saturated carbocycles. The molecule has 0 aromatic rings. The minimum absolute atomic E-state index is 0.0694. The average molecular weight is 151 g/mol. The van der Waals surface area contributed by atoms with E-state index in [2.05, 4.69) is 0 Å². The van der Waals surface area contributed by atoms with Gasteiger partial charge in [-0.05, 0) is 5.92 Å². The van der Waals surface area contributed by atoms with Crippen LogP contribution in [0.1, 0.15) is 20.3 Å². The van der Waals surface area contributed by atoms with Gasteiger partial charge in [-0.25, -0.2) is 0 Å². The van der Waals surface area contributed by atoms with Crippen LogP contribution in [0.5, 0.6) is 0 Å². The monoisotopic (exact) mass is 151 g/mol. The predicted molar refractivity (Wildman–Crippen MR) is 35.8 cm³/mol. The summed E-state index contributed by atoms with van der Waals surface area (Å²) in [4.78, 5) is 0. The van der Waals surface area contributed by atoms with E-state index in [0.29, 0.717) is 6.42 Å². The summed E-state index contributed by atoms with van der Waals surface area (Å²) in [6, 6.07) is 0. The predicted octanol–water partition coefficient (Wildman–Crippen LogP) is 2.88. The fourth-order valence-electron chi connectivity index (χ4n) is 1.44. The highest BCUT2D eigenvalue weighted by Crippen LogP contribution is 2.56. The van der Waals surface area contributed by atoms with Crippen LogP contribution in [0.3, 0.4) is 0 Å². The Balaban J connectivity index is 2.39. The third-order valence-corrected chi connectivity index (χ3v) is 2.23. The molecule has 0 spiro atoms. The van der Waals surface area contributed by atoms with Crippen molar-refractivity contribution in [2.24, 2.45) is 11.8 Å². The van der Waals surface area contributed by atoms with Gasteiger partial charge in [-0.2, -0.15) is 0 Å². The standard InChI is InChI=1S/C6H11BF3/c1-4(2)5-3-6(5)7(8,9)10/h4-6H,3H2,1-2H3/q-1/t5-,6+/m0/s1. The molecule has 60 valence electrons.